The molecule has 2 heterocycles. The second-order valence-electron chi connectivity index (χ2n) is 5.30. The Morgan fingerprint density at radius 1 is 1.14 bits per heavy atom. The SMILES string of the molecule is Cc1c(C)n(C)c2ccnc(NCc3ccc(F)cc3)c12. The van der Waals surface area contributed by atoms with Crippen LogP contribution >= 0.6 is 0 Å². The molecule has 0 aliphatic rings. The summed E-state index contributed by atoms with van der Waals surface area (Å²) < 4.78 is 15.1. The number of hydrogen-bond donors (Lipinski definition) is 1. The van der Waals surface area contributed by atoms with Gasteiger partial charge in [0.2, 0.25) is 0 Å². The van der Waals surface area contributed by atoms with Gasteiger partial charge in [-0.2, -0.15) is 0 Å². The highest BCUT2D eigenvalue weighted by Gasteiger charge is 2.12. The van der Waals surface area contributed by atoms with Gasteiger partial charge in [0, 0.05) is 30.9 Å². The summed E-state index contributed by atoms with van der Waals surface area (Å²) in [5.41, 5.74) is 4.67. The fourth-order valence-corrected chi connectivity index (χ4v) is 2.64. The van der Waals surface area contributed by atoms with Gasteiger partial charge in [-0.05, 0) is 43.2 Å². The summed E-state index contributed by atoms with van der Waals surface area (Å²) in [5, 5.41) is 4.51. The molecule has 2 aromatic heterocycles. The van der Waals surface area contributed by atoms with Gasteiger partial charge in [0.15, 0.2) is 0 Å². The number of pyridine rings is 1. The molecule has 0 aliphatic carbocycles. The number of rotatable bonds is 3. The van der Waals surface area contributed by atoms with E-state index in [4.69, 9.17) is 0 Å². The predicted molar refractivity (Wildman–Crippen MR) is 83.9 cm³/mol. The molecule has 1 aromatic carbocycles. The van der Waals surface area contributed by atoms with Crippen molar-refractivity contribution in [2.45, 2.75) is 20.4 Å². The monoisotopic (exact) mass is 283 g/mol. The van der Waals surface area contributed by atoms with Crippen molar-refractivity contribution in [2.24, 2.45) is 7.05 Å². The van der Waals surface area contributed by atoms with E-state index in [-0.39, 0.29) is 5.82 Å². The fraction of sp³-hybridized carbons (Fsp3) is 0.235. The van der Waals surface area contributed by atoms with Gasteiger partial charge in [0.1, 0.15) is 11.6 Å². The van der Waals surface area contributed by atoms with Crippen molar-refractivity contribution in [2.75, 3.05) is 5.32 Å². The number of anilines is 1. The van der Waals surface area contributed by atoms with Crippen LogP contribution in [-0.2, 0) is 13.6 Å². The van der Waals surface area contributed by atoms with E-state index in [0.29, 0.717) is 6.54 Å². The zero-order valence-electron chi connectivity index (χ0n) is 12.4. The molecule has 21 heavy (non-hydrogen) atoms. The van der Waals surface area contributed by atoms with Gasteiger partial charge in [-0.15, -0.1) is 0 Å². The third-order valence-electron chi connectivity index (χ3n) is 4.08. The maximum Gasteiger partial charge on any atom is 0.135 e. The molecule has 0 spiro atoms. The first-order valence-electron chi connectivity index (χ1n) is 6.97. The Labute approximate surface area is 123 Å². The first-order chi connectivity index (χ1) is 10.1. The van der Waals surface area contributed by atoms with Crippen molar-refractivity contribution in [3.63, 3.8) is 0 Å². The van der Waals surface area contributed by atoms with E-state index in [1.165, 1.54) is 28.9 Å². The summed E-state index contributed by atoms with van der Waals surface area (Å²) in [6.07, 6.45) is 1.81. The van der Waals surface area contributed by atoms with Crippen LogP contribution in [0.15, 0.2) is 36.5 Å². The molecule has 0 fully saturated rings. The molecule has 3 rings (SSSR count). The molecule has 1 N–H and O–H groups in total. The summed E-state index contributed by atoms with van der Waals surface area (Å²) in [7, 11) is 2.06. The summed E-state index contributed by atoms with van der Waals surface area (Å²) in [4.78, 5) is 4.46. The third-order valence-corrected chi connectivity index (χ3v) is 4.08. The topological polar surface area (TPSA) is 29.9 Å². The average Bonchev–Trinajstić information content (AvgIpc) is 2.72. The van der Waals surface area contributed by atoms with E-state index in [1.54, 1.807) is 12.1 Å². The molecule has 0 bridgehead atoms. The number of halogens is 1. The molecule has 0 atom stereocenters. The van der Waals surface area contributed by atoms with Crippen LogP contribution in [0.4, 0.5) is 10.2 Å². The smallest absolute Gasteiger partial charge is 0.135 e. The molecule has 0 saturated heterocycles. The number of fused-ring (bicyclic) bond motifs is 1. The predicted octanol–water partition coefficient (Wildman–Crippen LogP) is 3.94. The Hall–Kier alpha value is -2.36. The molecule has 108 valence electrons. The molecule has 0 saturated carbocycles. The molecule has 0 radical (unpaired) electrons. The van der Waals surface area contributed by atoms with Gasteiger partial charge in [0.25, 0.3) is 0 Å². The van der Waals surface area contributed by atoms with Crippen LogP contribution in [0.3, 0.4) is 0 Å². The average molecular weight is 283 g/mol. The Balaban J connectivity index is 1.94. The summed E-state index contributed by atoms with van der Waals surface area (Å²) >= 11 is 0. The zero-order chi connectivity index (χ0) is 15.0. The first-order valence-corrected chi connectivity index (χ1v) is 6.97. The van der Waals surface area contributed by atoms with Crippen molar-refractivity contribution >= 4 is 16.7 Å². The van der Waals surface area contributed by atoms with E-state index in [1.807, 2.05) is 12.3 Å². The van der Waals surface area contributed by atoms with Gasteiger partial charge in [-0.3, -0.25) is 0 Å². The second kappa shape index (κ2) is 5.20. The second-order valence-corrected chi connectivity index (χ2v) is 5.30. The van der Waals surface area contributed by atoms with Crippen molar-refractivity contribution in [1.82, 2.24) is 9.55 Å². The lowest BCUT2D eigenvalue weighted by atomic mass is 10.1. The molecular weight excluding hydrogens is 265 g/mol. The third kappa shape index (κ3) is 2.37. The lowest BCUT2D eigenvalue weighted by Gasteiger charge is -2.08. The maximum atomic E-state index is 12.9. The van der Waals surface area contributed by atoms with E-state index in [2.05, 4.69) is 35.8 Å². The van der Waals surface area contributed by atoms with E-state index >= 15 is 0 Å². The van der Waals surface area contributed by atoms with E-state index in [0.717, 1.165) is 16.8 Å². The minimum Gasteiger partial charge on any atom is -0.365 e. The molecule has 0 amide bonds. The lowest BCUT2D eigenvalue weighted by Crippen LogP contribution is -2.02. The molecule has 4 heteroatoms. The molecule has 0 aliphatic heterocycles. The fourth-order valence-electron chi connectivity index (χ4n) is 2.64. The molecule has 0 unspecified atom stereocenters. The zero-order valence-corrected chi connectivity index (χ0v) is 12.4. The Morgan fingerprint density at radius 2 is 1.86 bits per heavy atom. The van der Waals surface area contributed by atoms with Crippen LogP contribution in [0.25, 0.3) is 10.9 Å². The van der Waals surface area contributed by atoms with Gasteiger partial charge in [-0.1, -0.05) is 12.1 Å². The van der Waals surface area contributed by atoms with Gasteiger partial charge in [-0.25, -0.2) is 9.37 Å². The highest BCUT2D eigenvalue weighted by Crippen LogP contribution is 2.29. The van der Waals surface area contributed by atoms with E-state index < -0.39 is 0 Å². The normalized spacial score (nSPS) is 11.0. The van der Waals surface area contributed by atoms with Crippen LogP contribution in [0, 0.1) is 19.7 Å². The Bertz CT molecular complexity index is 788. The van der Waals surface area contributed by atoms with Crippen LogP contribution in [-0.4, -0.2) is 9.55 Å². The number of hydrogen-bond acceptors (Lipinski definition) is 2. The van der Waals surface area contributed by atoms with Crippen LogP contribution in [0.1, 0.15) is 16.8 Å². The summed E-state index contributed by atoms with van der Waals surface area (Å²) in [5.74, 6) is 0.659. The van der Waals surface area contributed by atoms with Crippen LogP contribution in [0.2, 0.25) is 0 Å². The van der Waals surface area contributed by atoms with E-state index in [9.17, 15) is 4.39 Å². The number of nitrogens with zero attached hydrogens (tertiary/aromatic N) is 2. The minimum absolute atomic E-state index is 0.214. The highest BCUT2D eigenvalue weighted by molar-refractivity contribution is 5.94. The first kappa shape index (κ1) is 13.6. The van der Waals surface area contributed by atoms with Gasteiger partial charge < -0.3 is 9.88 Å². The number of aryl methyl sites for hydroxylation is 2. The largest absolute Gasteiger partial charge is 0.365 e. The minimum atomic E-state index is -0.214. The molecule has 3 nitrogen and oxygen atoms in total. The number of nitrogens with one attached hydrogen (secondary N) is 1. The standard InChI is InChI=1S/C17H18FN3/c1-11-12(2)21(3)15-8-9-19-17(16(11)15)20-10-13-4-6-14(18)7-5-13/h4-9H,10H2,1-3H3,(H,19,20). The maximum absolute atomic E-state index is 12.9. The quantitative estimate of drug-likeness (QED) is 0.789. The summed E-state index contributed by atoms with van der Waals surface area (Å²) in [6, 6.07) is 8.54. The van der Waals surface area contributed by atoms with Gasteiger partial charge in [0.05, 0.1) is 5.52 Å². The Morgan fingerprint density at radius 3 is 2.57 bits per heavy atom. The van der Waals surface area contributed by atoms with Crippen LogP contribution < -0.4 is 5.32 Å². The van der Waals surface area contributed by atoms with Crippen molar-refractivity contribution < 1.29 is 4.39 Å². The highest BCUT2D eigenvalue weighted by atomic mass is 19.1. The molecular formula is C17H18FN3. The van der Waals surface area contributed by atoms with Crippen molar-refractivity contribution in [1.29, 1.82) is 0 Å². The lowest BCUT2D eigenvalue weighted by molar-refractivity contribution is 0.627. The number of aromatic nitrogens is 2. The van der Waals surface area contributed by atoms with Gasteiger partial charge >= 0.3 is 0 Å². The Kier molecular flexibility index (Phi) is 3.37. The summed E-state index contributed by atoms with van der Waals surface area (Å²) in [6.45, 7) is 4.85. The number of benzene rings is 1. The van der Waals surface area contributed by atoms with Crippen molar-refractivity contribution in [3.8, 4) is 0 Å². The van der Waals surface area contributed by atoms with Crippen molar-refractivity contribution in [3.05, 3.63) is 59.2 Å². The van der Waals surface area contributed by atoms with Crippen LogP contribution in [0.5, 0.6) is 0 Å². The molecule has 3 aromatic rings.